The summed E-state index contributed by atoms with van der Waals surface area (Å²) in [6.45, 7) is 2.42. The summed E-state index contributed by atoms with van der Waals surface area (Å²) in [4.78, 5) is 28.1. The minimum Gasteiger partial charge on any atom is -0.507 e. The molecule has 36 heavy (non-hydrogen) atoms. The molecular formula is C28H26ClNO6. The normalized spacial score (nSPS) is 16.8. The SMILES string of the molecule is CCOc1cccc(C2/C(=C(/O)c3ccc(Cl)c(OC)c3)C(=O)C(=O)N2Cc2ccccc2OC)c1. The number of aliphatic hydroxyl groups excluding tert-OH is 1. The first-order valence-electron chi connectivity index (χ1n) is 11.4. The van der Waals surface area contributed by atoms with E-state index in [4.69, 9.17) is 25.8 Å². The van der Waals surface area contributed by atoms with E-state index in [9.17, 15) is 14.7 Å². The minimum absolute atomic E-state index is 0.0343. The number of para-hydroxylation sites is 1. The Kier molecular flexibility index (Phi) is 7.50. The summed E-state index contributed by atoms with van der Waals surface area (Å²) in [5.74, 6) is -0.329. The lowest BCUT2D eigenvalue weighted by atomic mass is 9.95. The van der Waals surface area contributed by atoms with Crippen LogP contribution >= 0.6 is 11.6 Å². The van der Waals surface area contributed by atoms with Gasteiger partial charge in [-0.25, -0.2) is 0 Å². The molecule has 3 aromatic carbocycles. The Bertz CT molecular complexity index is 1340. The fourth-order valence-electron chi connectivity index (χ4n) is 4.31. The van der Waals surface area contributed by atoms with Crippen LogP contribution in [-0.2, 0) is 16.1 Å². The van der Waals surface area contributed by atoms with E-state index in [1.165, 1.54) is 18.1 Å². The van der Waals surface area contributed by atoms with E-state index in [0.717, 1.165) is 5.56 Å². The molecule has 7 nitrogen and oxygen atoms in total. The number of carbonyl (C=O) groups excluding carboxylic acids is 2. The molecule has 1 aliphatic rings. The number of amides is 1. The highest BCUT2D eigenvalue weighted by atomic mass is 35.5. The topological polar surface area (TPSA) is 85.3 Å². The third kappa shape index (κ3) is 4.75. The Balaban J connectivity index is 1.89. The van der Waals surface area contributed by atoms with Gasteiger partial charge in [-0.15, -0.1) is 0 Å². The van der Waals surface area contributed by atoms with Gasteiger partial charge in [-0.2, -0.15) is 0 Å². The molecule has 3 aromatic rings. The van der Waals surface area contributed by atoms with Gasteiger partial charge in [-0.05, 0) is 48.9 Å². The van der Waals surface area contributed by atoms with Crippen molar-refractivity contribution < 1.29 is 28.9 Å². The number of benzene rings is 3. The Morgan fingerprint density at radius 2 is 1.72 bits per heavy atom. The van der Waals surface area contributed by atoms with Gasteiger partial charge in [0.2, 0.25) is 0 Å². The molecule has 1 N–H and O–H groups in total. The van der Waals surface area contributed by atoms with Crippen LogP contribution in [0.2, 0.25) is 5.02 Å². The van der Waals surface area contributed by atoms with Gasteiger partial charge >= 0.3 is 0 Å². The number of rotatable bonds is 8. The summed E-state index contributed by atoms with van der Waals surface area (Å²) in [5, 5.41) is 11.7. The summed E-state index contributed by atoms with van der Waals surface area (Å²) in [5.41, 5.74) is 1.61. The zero-order chi connectivity index (χ0) is 25.8. The molecule has 1 unspecified atom stereocenters. The smallest absolute Gasteiger partial charge is 0.295 e. The first-order chi connectivity index (χ1) is 17.4. The van der Waals surface area contributed by atoms with Crippen LogP contribution in [-0.4, -0.2) is 42.5 Å². The zero-order valence-corrected chi connectivity index (χ0v) is 20.9. The average molecular weight is 508 g/mol. The maximum absolute atomic E-state index is 13.4. The molecule has 0 radical (unpaired) electrons. The second-order valence-electron chi connectivity index (χ2n) is 8.09. The number of likely N-dealkylation sites (tertiary alicyclic amines) is 1. The number of ketones is 1. The molecule has 0 aliphatic carbocycles. The van der Waals surface area contributed by atoms with Crippen molar-refractivity contribution in [3.8, 4) is 17.2 Å². The van der Waals surface area contributed by atoms with Crippen LogP contribution in [0.3, 0.4) is 0 Å². The van der Waals surface area contributed by atoms with Crippen LogP contribution in [0.1, 0.15) is 29.7 Å². The number of Topliss-reactive ketones (excluding diaryl/α,β-unsaturated/α-hetero) is 1. The number of ether oxygens (including phenoxy) is 3. The molecule has 0 bridgehead atoms. The fraction of sp³-hybridized carbons (Fsp3) is 0.214. The lowest BCUT2D eigenvalue weighted by molar-refractivity contribution is -0.140. The molecule has 186 valence electrons. The van der Waals surface area contributed by atoms with Gasteiger partial charge in [0, 0.05) is 11.1 Å². The summed E-state index contributed by atoms with van der Waals surface area (Å²) in [6.07, 6.45) is 0. The van der Waals surface area contributed by atoms with Gasteiger partial charge in [0.05, 0.1) is 44.0 Å². The largest absolute Gasteiger partial charge is 0.507 e. The van der Waals surface area contributed by atoms with E-state index in [-0.39, 0.29) is 17.9 Å². The Hall–Kier alpha value is -3.97. The van der Waals surface area contributed by atoms with Crippen molar-refractivity contribution in [2.75, 3.05) is 20.8 Å². The van der Waals surface area contributed by atoms with Gasteiger partial charge < -0.3 is 24.2 Å². The molecule has 1 heterocycles. The van der Waals surface area contributed by atoms with Crippen molar-refractivity contribution in [3.05, 3.63) is 94.0 Å². The van der Waals surface area contributed by atoms with E-state index in [2.05, 4.69) is 0 Å². The maximum Gasteiger partial charge on any atom is 0.295 e. The molecule has 1 saturated heterocycles. The first-order valence-corrected chi connectivity index (χ1v) is 11.7. The molecule has 0 aromatic heterocycles. The number of methoxy groups -OCH3 is 2. The fourth-order valence-corrected chi connectivity index (χ4v) is 4.51. The van der Waals surface area contributed by atoms with Crippen LogP contribution in [0.5, 0.6) is 17.2 Å². The monoisotopic (exact) mass is 507 g/mol. The van der Waals surface area contributed by atoms with Crippen LogP contribution in [0, 0.1) is 0 Å². The van der Waals surface area contributed by atoms with Crippen LogP contribution in [0.15, 0.2) is 72.3 Å². The molecule has 0 saturated carbocycles. The molecule has 1 fully saturated rings. The minimum atomic E-state index is -0.864. The predicted octanol–water partition coefficient (Wildman–Crippen LogP) is 5.38. The Morgan fingerprint density at radius 1 is 0.972 bits per heavy atom. The van der Waals surface area contributed by atoms with E-state index in [0.29, 0.717) is 40.0 Å². The Labute approximate surface area is 214 Å². The van der Waals surface area contributed by atoms with Crippen molar-refractivity contribution in [1.82, 2.24) is 4.90 Å². The van der Waals surface area contributed by atoms with E-state index in [1.807, 2.05) is 25.1 Å². The summed E-state index contributed by atoms with van der Waals surface area (Å²) < 4.78 is 16.4. The van der Waals surface area contributed by atoms with E-state index < -0.39 is 17.7 Å². The van der Waals surface area contributed by atoms with Crippen molar-refractivity contribution in [1.29, 1.82) is 0 Å². The van der Waals surface area contributed by atoms with Gasteiger partial charge in [0.15, 0.2) is 0 Å². The molecule has 0 spiro atoms. The standard InChI is InChI=1S/C28H26ClNO6/c1-4-36-20-10-7-9-17(14-20)25-24(26(31)18-12-13-21(29)23(15-18)35-3)27(32)28(33)30(25)16-19-8-5-6-11-22(19)34-2/h5-15,25,31H,4,16H2,1-3H3/b26-24-. The molecule has 1 atom stereocenters. The predicted molar refractivity (Wildman–Crippen MR) is 136 cm³/mol. The molecular weight excluding hydrogens is 482 g/mol. The van der Waals surface area contributed by atoms with Gasteiger partial charge in [0.1, 0.15) is 23.0 Å². The lowest BCUT2D eigenvalue weighted by Gasteiger charge is -2.26. The first kappa shape index (κ1) is 25.1. The number of hydrogen-bond donors (Lipinski definition) is 1. The Morgan fingerprint density at radius 3 is 2.44 bits per heavy atom. The lowest BCUT2D eigenvalue weighted by Crippen LogP contribution is -2.29. The van der Waals surface area contributed by atoms with Crippen molar-refractivity contribution in [2.45, 2.75) is 19.5 Å². The molecule has 4 rings (SSSR count). The zero-order valence-electron chi connectivity index (χ0n) is 20.2. The number of halogens is 1. The van der Waals surface area contributed by atoms with Crippen LogP contribution in [0.4, 0.5) is 0 Å². The number of aliphatic hydroxyl groups is 1. The highest BCUT2D eigenvalue weighted by Gasteiger charge is 2.46. The quantitative estimate of drug-likeness (QED) is 0.250. The van der Waals surface area contributed by atoms with Gasteiger partial charge in [-0.3, -0.25) is 9.59 Å². The van der Waals surface area contributed by atoms with E-state index >= 15 is 0 Å². The molecule has 8 heteroatoms. The maximum atomic E-state index is 13.4. The van der Waals surface area contributed by atoms with Gasteiger partial charge in [0.25, 0.3) is 11.7 Å². The van der Waals surface area contributed by atoms with E-state index in [1.54, 1.807) is 49.6 Å². The number of hydrogen-bond acceptors (Lipinski definition) is 6. The third-order valence-corrected chi connectivity index (χ3v) is 6.29. The highest BCUT2D eigenvalue weighted by molar-refractivity contribution is 6.46. The van der Waals surface area contributed by atoms with Crippen molar-refractivity contribution in [2.24, 2.45) is 0 Å². The third-order valence-electron chi connectivity index (χ3n) is 5.98. The molecule has 1 amide bonds. The summed E-state index contributed by atoms with van der Waals surface area (Å²) >= 11 is 6.15. The second-order valence-corrected chi connectivity index (χ2v) is 8.50. The van der Waals surface area contributed by atoms with Crippen LogP contribution < -0.4 is 14.2 Å². The van der Waals surface area contributed by atoms with Crippen molar-refractivity contribution in [3.63, 3.8) is 0 Å². The molecule has 1 aliphatic heterocycles. The summed E-state index contributed by atoms with van der Waals surface area (Å²) in [6, 6.07) is 18.2. The average Bonchev–Trinajstić information content (AvgIpc) is 3.14. The van der Waals surface area contributed by atoms with Gasteiger partial charge in [-0.1, -0.05) is 41.9 Å². The van der Waals surface area contributed by atoms with Crippen molar-refractivity contribution >= 4 is 29.1 Å². The second kappa shape index (κ2) is 10.7. The number of nitrogens with zero attached hydrogens (tertiary/aromatic N) is 1. The van der Waals surface area contributed by atoms with Crippen LogP contribution in [0.25, 0.3) is 5.76 Å². The number of carbonyl (C=O) groups is 2. The summed E-state index contributed by atoms with van der Waals surface area (Å²) in [7, 11) is 3.00. The highest BCUT2D eigenvalue weighted by Crippen LogP contribution is 2.42.